The third-order valence-corrected chi connectivity index (χ3v) is 5.92. The van der Waals surface area contributed by atoms with Gasteiger partial charge < -0.3 is 21.7 Å². The number of aryl methyl sites for hydroxylation is 1. The average molecular weight is 354 g/mol. The Bertz CT molecular complexity index is 581. The van der Waals surface area contributed by atoms with Gasteiger partial charge in [0.05, 0.1) is 23.2 Å². The standard InChI is InChI=1S/C17H26N2O4S/c18-15(21)12-6-9-24-14(12)5-4-11(20)10-13(16(19)22)17(23)7-2-1-3-8-17/h6,9,11,13,20,23H,1-5,7-8,10H2,(H2,18,21)(H2,19,22)/t11-,13-/m0/s1. The van der Waals surface area contributed by atoms with Crippen LogP contribution in [0, 0.1) is 5.92 Å². The minimum absolute atomic E-state index is 0.142. The van der Waals surface area contributed by atoms with Gasteiger partial charge >= 0.3 is 0 Å². The fourth-order valence-corrected chi connectivity index (χ4v) is 4.45. The monoisotopic (exact) mass is 354 g/mol. The van der Waals surface area contributed by atoms with Gasteiger partial charge in [-0.05, 0) is 43.6 Å². The van der Waals surface area contributed by atoms with Crippen molar-refractivity contribution < 1.29 is 19.8 Å². The van der Waals surface area contributed by atoms with Crippen LogP contribution >= 0.6 is 11.3 Å². The van der Waals surface area contributed by atoms with E-state index in [1.54, 1.807) is 11.4 Å². The first kappa shape index (κ1) is 18.9. The number of primary amides is 2. The summed E-state index contributed by atoms with van der Waals surface area (Å²) in [6.45, 7) is 0. The number of carbonyl (C=O) groups is 2. The van der Waals surface area contributed by atoms with Gasteiger partial charge in [-0.25, -0.2) is 0 Å². The molecule has 0 unspecified atom stereocenters. The molecule has 1 saturated carbocycles. The van der Waals surface area contributed by atoms with E-state index >= 15 is 0 Å². The molecule has 6 nitrogen and oxygen atoms in total. The van der Waals surface area contributed by atoms with E-state index in [2.05, 4.69) is 0 Å². The van der Waals surface area contributed by atoms with E-state index in [0.29, 0.717) is 31.2 Å². The molecule has 2 atom stereocenters. The molecule has 0 bridgehead atoms. The first-order valence-electron chi connectivity index (χ1n) is 8.39. The van der Waals surface area contributed by atoms with Gasteiger partial charge in [0.25, 0.3) is 0 Å². The van der Waals surface area contributed by atoms with Crippen LogP contribution in [0.3, 0.4) is 0 Å². The van der Waals surface area contributed by atoms with E-state index < -0.39 is 29.4 Å². The summed E-state index contributed by atoms with van der Waals surface area (Å²) < 4.78 is 0. The second-order valence-corrected chi connectivity index (χ2v) is 7.67. The smallest absolute Gasteiger partial charge is 0.249 e. The summed E-state index contributed by atoms with van der Waals surface area (Å²) in [5, 5.41) is 22.9. The SMILES string of the molecule is NC(=O)c1ccsc1CC[C@H](O)C[C@@H](C(N)=O)C1(O)CCCCC1. The van der Waals surface area contributed by atoms with E-state index in [9.17, 15) is 19.8 Å². The van der Waals surface area contributed by atoms with Crippen molar-refractivity contribution >= 4 is 23.2 Å². The number of hydrogen-bond acceptors (Lipinski definition) is 5. The summed E-state index contributed by atoms with van der Waals surface area (Å²) in [7, 11) is 0. The number of amides is 2. The van der Waals surface area contributed by atoms with E-state index in [1.807, 2.05) is 0 Å². The number of hydrogen-bond donors (Lipinski definition) is 4. The quantitative estimate of drug-likeness (QED) is 0.561. The van der Waals surface area contributed by atoms with Crippen molar-refractivity contribution in [2.45, 2.75) is 63.1 Å². The molecule has 1 aliphatic carbocycles. The third kappa shape index (κ3) is 4.55. The predicted octanol–water partition coefficient (Wildman–Crippen LogP) is 1.33. The number of carbonyl (C=O) groups excluding carboxylic acids is 2. The number of rotatable bonds is 8. The molecule has 0 spiro atoms. The molecule has 6 N–H and O–H groups in total. The molecule has 2 amide bonds. The predicted molar refractivity (Wildman–Crippen MR) is 92.5 cm³/mol. The van der Waals surface area contributed by atoms with Crippen LogP contribution in [0.2, 0.25) is 0 Å². The minimum atomic E-state index is -1.10. The summed E-state index contributed by atoms with van der Waals surface area (Å²) >= 11 is 1.42. The zero-order chi connectivity index (χ0) is 17.7. The summed E-state index contributed by atoms with van der Waals surface area (Å²) in [5.41, 5.74) is 10.2. The maximum Gasteiger partial charge on any atom is 0.249 e. The average Bonchev–Trinajstić information content (AvgIpc) is 2.99. The Labute approximate surface area is 145 Å². The largest absolute Gasteiger partial charge is 0.393 e. The number of nitrogens with two attached hydrogens (primary N) is 2. The minimum Gasteiger partial charge on any atom is -0.393 e. The Balaban J connectivity index is 1.95. The highest BCUT2D eigenvalue weighted by Gasteiger charge is 2.41. The van der Waals surface area contributed by atoms with Gasteiger partial charge in [0, 0.05) is 4.88 Å². The van der Waals surface area contributed by atoms with Crippen molar-refractivity contribution in [3.05, 3.63) is 21.9 Å². The molecule has 1 heterocycles. The van der Waals surface area contributed by atoms with Crippen LogP contribution in [0.25, 0.3) is 0 Å². The number of aliphatic hydroxyl groups is 2. The van der Waals surface area contributed by atoms with E-state index in [4.69, 9.17) is 11.5 Å². The topological polar surface area (TPSA) is 127 Å². The molecule has 24 heavy (non-hydrogen) atoms. The second kappa shape index (κ2) is 8.09. The van der Waals surface area contributed by atoms with Crippen molar-refractivity contribution in [3.63, 3.8) is 0 Å². The maximum absolute atomic E-state index is 11.8. The zero-order valence-corrected chi connectivity index (χ0v) is 14.6. The third-order valence-electron chi connectivity index (χ3n) is 4.93. The molecule has 0 saturated heterocycles. The first-order chi connectivity index (χ1) is 11.3. The van der Waals surface area contributed by atoms with Gasteiger partial charge in [-0.3, -0.25) is 9.59 Å². The molecule has 2 rings (SSSR count). The van der Waals surface area contributed by atoms with Crippen LogP contribution in [0.5, 0.6) is 0 Å². The molecule has 1 aliphatic rings. The van der Waals surface area contributed by atoms with Crippen molar-refractivity contribution in [1.82, 2.24) is 0 Å². The van der Waals surface area contributed by atoms with Crippen LogP contribution in [-0.4, -0.2) is 33.7 Å². The molecule has 134 valence electrons. The Hall–Kier alpha value is -1.44. The molecule has 7 heteroatoms. The lowest BCUT2D eigenvalue weighted by Crippen LogP contribution is -2.48. The Morgan fingerprint density at radius 3 is 2.50 bits per heavy atom. The van der Waals surface area contributed by atoms with Gasteiger partial charge in [-0.2, -0.15) is 0 Å². The van der Waals surface area contributed by atoms with Gasteiger partial charge in [-0.1, -0.05) is 19.3 Å². The molecular weight excluding hydrogens is 328 g/mol. The van der Waals surface area contributed by atoms with Crippen LogP contribution < -0.4 is 11.5 Å². The molecular formula is C17H26N2O4S. The van der Waals surface area contributed by atoms with Gasteiger partial charge in [0.1, 0.15) is 0 Å². The second-order valence-electron chi connectivity index (χ2n) is 6.67. The molecule has 0 aromatic carbocycles. The molecule has 1 aromatic rings. The number of aliphatic hydroxyl groups excluding tert-OH is 1. The first-order valence-corrected chi connectivity index (χ1v) is 9.27. The lowest BCUT2D eigenvalue weighted by Gasteiger charge is -2.38. The van der Waals surface area contributed by atoms with Crippen LogP contribution in [0.1, 0.15) is 60.2 Å². The van der Waals surface area contributed by atoms with Crippen LogP contribution in [0.4, 0.5) is 0 Å². The normalized spacial score (nSPS) is 19.6. The molecule has 1 fully saturated rings. The maximum atomic E-state index is 11.8. The fourth-order valence-electron chi connectivity index (χ4n) is 3.55. The molecule has 1 aromatic heterocycles. The van der Waals surface area contributed by atoms with Crippen LogP contribution in [-0.2, 0) is 11.2 Å². The van der Waals surface area contributed by atoms with Gasteiger partial charge in [0.2, 0.25) is 11.8 Å². The van der Waals surface area contributed by atoms with Crippen molar-refractivity contribution in [2.75, 3.05) is 0 Å². The Morgan fingerprint density at radius 2 is 1.92 bits per heavy atom. The highest BCUT2D eigenvalue weighted by Crippen LogP contribution is 2.37. The van der Waals surface area contributed by atoms with Crippen molar-refractivity contribution in [2.24, 2.45) is 17.4 Å². The summed E-state index contributed by atoms with van der Waals surface area (Å²) in [5.74, 6) is -1.79. The van der Waals surface area contributed by atoms with Crippen LogP contribution in [0.15, 0.2) is 11.4 Å². The Morgan fingerprint density at radius 1 is 1.25 bits per heavy atom. The van der Waals surface area contributed by atoms with Crippen molar-refractivity contribution in [1.29, 1.82) is 0 Å². The summed E-state index contributed by atoms with van der Waals surface area (Å²) in [6, 6.07) is 1.67. The lowest BCUT2D eigenvalue weighted by atomic mass is 9.73. The highest BCUT2D eigenvalue weighted by molar-refractivity contribution is 7.10. The summed E-state index contributed by atoms with van der Waals surface area (Å²) in [6.07, 6.45) is 4.14. The van der Waals surface area contributed by atoms with E-state index in [0.717, 1.165) is 24.1 Å². The summed E-state index contributed by atoms with van der Waals surface area (Å²) in [4.78, 5) is 24.0. The van der Waals surface area contributed by atoms with Gasteiger partial charge in [-0.15, -0.1) is 11.3 Å². The fraction of sp³-hybridized carbons (Fsp3) is 0.647. The zero-order valence-electron chi connectivity index (χ0n) is 13.7. The Kier molecular flexibility index (Phi) is 6.37. The van der Waals surface area contributed by atoms with E-state index in [-0.39, 0.29) is 6.42 Å². The molecule has 0 radical (unpaired) electrons. The van der Waals surface area contributed by atoms with E-state index in [1.165, 1.54) is 11.3 Å². The number of thiophene rings is 1. The lowest BCUT2D eigenvalue weighted by molar-refractivity contribution is -0.137. The van der Waals surface area contributed by atoms with Crippen molar-refractivity contribution in [3.8, 4) is 0 Å². The van der Waals surface area contributed by atoms with Gasteiger partial charge in [0.15, 0.2) is 0 Å². The highest BCUT2D eigenvalue weighted by atomic mass is 32.1. The molecule has 0 aliphatic heterocycles.